The van der Waals surface area contributed by atoms with Gasteiger partial charge < -0.3 is 4.90 Å². The van der Waals surface area contributed by atoms with Crippen molar-refractivity contribution in [2.45, 2.75) is 32.7 Å². The van der Waals surface area contributed by atoms with Crippen molar-refractivity contribution in [3.63, 3.8) is 0 Å². The number of aromatic nitrogens is 1. The largest absolute Gasteiger partial charge is 0.340 e. The molecule has 0 spiro atoms. The van der Waals surface area contributed by atoms with E-state index in [0.29, 0.717) is 22.3 Å². The van der Waals surface area contributed by atoms with Crippen LogP contribution in [0.3, 0.4) is 0 Å². The first-order valence-corrected chi connectivity index (χ1v) is 12.3. The van der Waals surface area contributed by atoms with E-state index < -0.39 is 0 Å². The van der Waals surface area contributed by atoms with E-state index in [1.807, 2.05) is 28.5 Å². The van der Waals surface area contributed by atoms with Crippen molar-refractivity contribution in [1.29, 1.82) is 0 Å². The van der Waals surface area contributed by atoms with E-state index in [4.69, 9.17) is 0 Å². The first kappa shape index (κ1) is 23.1. The molecule has 1 aromatic heterocycles. The molecule has 0 saturated carbocycles. The van der Waals surface area contributed by atoms with E-state index in [2.05, 4.69) is 53.3 Å². The molecule has 2 heterocycles. The normalized spacial score (nSPS) is 14.5. The van der Waals surface area contributed by atoms with Crippen LogP contribution in [-0.4, -0.2) is 52.8 Å². The Morgan fingerprint density at radius 2 is 1.70 bits per heavy atom. The van der Waals surface area contributed by atoms with Crippen LogP contribution in [0.25, 0.3) is 0 Å². The number of hydrogen-bond donors (Lipinski definition) is 1. The van der Waals surface area contributed by atoms with Crippen LogP contribution in [0.4, 0.5) is 5.13 Å². The fourth-order valence-electron chi connectivity index (χ4n) is 3.89. The van der Waals surface area contributed by atoms with Gasteiger partial charge in [-0.25, -0.2) is 4.98 Å². The number of rotatable bonds is 7. The van der Waals surface area contributed by atoms with Crippen LogP contribution in [0.1, 0.15) is 46.9 Å². The maximum absolute atomic E-state index is 12.8. The van der Waals surface area contributed by atoms with Crippen molar-refractivity contribution in [1.82, 2.24) is 14.8 Å². The van der Waals surface area contributed by atoms with Gasteiger partial charge in [-0.1, -0.05) is 56.3 Å². The summed E-state index contributed by atoms with van der Waals surface area (Å²) in [5, 5.41) is 5.16. The SMILES string of the molecule is CC(C)c1ccc(CN2CCN(C(=O)Cc3csc(NC(=O)c4ccccc4)n3)CC2)cc1. The number of piperazine rings is 1. The molecule has 6 nitrogen and oxygen atoms in total. The molecule has 33 heavy (non-hydrogen) atoms. The lowest BCUT2D eigenvalue weighted by molar-refractivity contribution is -0.132. The molecule has 1 aliphatic heterocycles. The Balaban J connectivity index is 1.23. The summed E-state index contributed by atoms with van der Waals surface area (Å²) in [4.78, 5) is 33.8. The average Bonchev–Trinajstić information content (AvgIpc) is 3.27. The molecule has 2 aromatic carbocycles. The quantitative estimate of drug-likeness (QED) is 0.565. The van der Waals surface area contributed by atoms with Gasteiger partial charge in [-0.05, 0) is 29.2 Å². The van der Waals surface area contributed by atoms with Crippen LogP contribution < -0.4 is 5.32 Å². The molecule has 1 aliphatic rings. The number of nitrogens with zero attached hydrogens (tertiary/aromatic N) is 3. The zero-order valence-electron chi connectivity index (χ0n) is 19.2. The number of benzene rings is 2. The Morgan fingerprint density at radius 1 is 1.00 bits per heavy atom. The first-order valence-electron chi connectivity index (χ1n) is 11.4. The maximum Gasteiger partial charge on any atom is 0.257 e. The van der Waals surface area contributed by atoms with Crippen LogP contribution in [0, 0.1) is 0 Å². The molecule has 2 amide bonds. The monoisotopic (exact) mass is 462 g/mol. The second-order valence-electron chi connectivity index (χ2n) is 8.69. The molecule has 3 aromatic rings. The van der Waals surface area contributed by atoms with Crippen molar-refractivity contribution in [2.75, 3.05) is 31.5 Å². The second kappa shape index (κ2) is 10.7. The minimum Gasteiger partial charge on any atom is -0.340 e. The lowest BCUT2D eigenvalue weighted by atomic mass is 10.0. The number of amides is 2. The number of nitrogens with one attached hydrogen (secondary N) is 1. The predicted molar refractivity (Wildman–Crippen MR) is 133 cm³/mol. The highest BCUT2D eigenvalue weighted by molar-refractivity contribution is 7.14. The third kappa shape index (κ3) is 6.27. The summed E-state index contributed by atoms with van der Waals surface area (Å²) in [5.41, 5.74) is 3.95. The summed E-state index contributed by atoms with van der Waals surface area (Å²) in [6, 6.07) is 17.9. The third-order valence-corrected chi connectivity index (χ3v) is 6.72. The van der Waals surface area contributed by atoms with Gasteiger partial charge in [-0.15, -0.1) is 11.3 Å². The fourth-order valence-corrected chi connectivity index (χ4v) is 4.60. The lowest BCUT2D eigenvalue weighted by Gasteiger charge is -2.34. The van der Waals surface area contributed by atoms with Crippen molar-refractivity contribution >= 4 is 28.3 Å². The standard InChI is InChI=1S/C26H30N4O2S/c1-19(2)21-10-8-20(9-11-21)17-29-12-14-30(15-13-29)24(31)16-23-18-33-26(27-23)28-25(32)22-6-4-3-5-7-22/h3-11,18-19H,12-17H2,1-2H3,(H,27,28,32). The van der Waals surface area contributed by atoms with E-state index in [1.165, 1.54) is 22.5 Å². The Hall–Kier alpha value is -3.03. The zero-order valence-corrected chi connectivity index (χ0v) is 20.0. The topological polar surface area (TPSA) is 65.5 Å². The molecule has 1 fully saturated rings. The number of carbonyl (C=O) groups excluding carboxylic acids is 2. The highest BCUT2D eigenvalue weighted by atomic mass is 32.1. The van der Waals surface area contributed by atoms with Crippen LogP contribution in [0.5, 0.6) is 0 Å². The summed E-state index contributed by atoms with van der Waals surface area (Å²) in [5.74, 6) is 0.433. The van der Waals surface area contributed by atoms with E-state index in [0.717, 1.165) is 32.7 Å². The molecular formula is C26H30N4O2S. The average molecular weight is 463 g/mol. The van der Waals surface area contributed by atoms with Crippen LogP contribution in [0.2, 0.25) is 0 Å². The summed E-state index contributed by atoms with van der Waals surface area (Å²) >= 11 is 1.34. The van der Waals surface area contributed by atoms with E-state index in [-0.39, 0.29) is 18.2 Å². The molecule has 0 atom stereocenters. The van der Waals surface area contributed by atoms with Crippen LogP contribution >= 0.6 is 11.3 Å². The minimum absolute atomic E-state index is 0.0853. The van der Waals surface area contributed by atoms with Gasteiger partial charge in [0.05, 0.1) is 12.1 Å². The number of carbonyl (C=O) groups is 2. The zero-order chi connectivity index (χ0) is 23.2. The molecule has 172 valence electrons. The fraction of sp³-hybridized carbons (Fsp3) is 0.346. The Labute approximate surface area is 199 Å². The molecule has 1 saturated heterocycles. The molecule has 0 unspecified atom stereocenters. The van der Waals surface area contributed by atoms with Crippen LogP contribution in [-0.2, 0) is 17.8 Å². The van der Waals surface area contributed by atoms with Crippen molar-refractivity contribution in [2.24, 2.45) is 0 Å². The van der Waals surface area contributed by atoms with Gasteiger partial charge in [0.15, 0.2) is 5.13 Å². The molecule has 1 N–H and O–H groups in total. The molecule has 7 heteroatoms. The molecule has 4 rings (SSSR count). The highest BCUT2D eigenvalue weighted by Crippen LogP contribution is 2.19. The van der Waals surface area contributed by atoms with E-state index in [1.54, 1.807) is 12.1 Å². The van der Waals surface area contributed by atoms with Crippen molar-refractivity contribution in [3.8, 4) is 0 Å². The van der Waals surface area contributed by atoms with Gasteiger partial charge in [-0.2, -0.15) is 0 Å². The highest BCUT2D eigenvalue weighted by Gasteiger charge is 2.22. The maximum atomic E-state index is 12.8. The van der Waals surface area contributed by atoms with Crippen molar-refractivity contribution < 1.29 is 9.59 Å². The smallest absolute Gasteiger partial charge is 0.257 e. The van der Waals surface area contributed by atoms with Gasteiger partial charge in [-0.3, -0.25) is 19.8 Å². The predicted octanol–water partition coefficient (Wildman–Crippen LogP) is 4.41. The third-order valence-electron chi connectivity index (χ3n) is 5.92. The van der Waals surface area contributed by atoms with Gasteiger partial charge in [0, 0.05) is 43.7 Å². The Bertz CT molecular complexity index is 1070. The van der Waals surface area contributed by atoms with Gasteiger partial charge in [0.1, 0.15) is 0 Å². The Kier molecular flexibility index (Phi) is 7.52. The van der Waals surface area contributed by atoms with E-state index in [9.17, 15) is 9.59 Å². The van der Waals surface area contributed by atoms with E-state index >= 15 is 0 Å². The van der Waals surface area contributed by atoms with Gasteiger partial charge in [0.25, 0.3) is 5.91 Å². The minimum atomic E-state index is -0.196. The number of anilines is 1. The molecule has 0 aliphatic carbocycles. The Morgan fingerprint density at radius 3 is 2.36 bits per heavy atom. The molecule has 0 bridgehead atoms. The summed E-state index contributed by atoms with van der Waals surface area (Å²) in [7, 11) is 0. The van der Waals surface area contributed by atoms with Gasteiger partial charge in [0.2, 0.25) is 5.91 Å². The summed E-state index contributed by atoms with van der Waals surface area (Å²) < 4.78 is 0. The van der Waals surface area contributed by atoms with Crippen molar-refractivity contribution in [3.05, 3.63) is 82.4 Å². The van der Waals surface area contributed by atoms with Gasteiger partial charge >= 0.3 is 0 Å². The summed E-state index contributed by atoms with van der Waals surface area (Å²) in [6.45, 7) is 8.52. The summed E-state index contributed by atoms with van der Waals surface area (Å²) in [6.07, 6.45) is 0.258. The number of thiazole rings is 1. The second-order valence-corrected chi connectivity index (χ2v) is 9.55. The lowest BCUT2D eigenvalue weighted by Crippen LogP contribution is -2.48. The first-order chi connectivity index (χ1) is 16.0. The number of hydrogen-bond acceptors (Lipinski definition) is 5. The van der Waals surface area contributed by atoms with Crippen LogP contribution in [0.15, 0.2) is 60.0 Å². The molecule has 0 radical (unpaired) electrons. The molecular weight excluding hydrogens is 432 g/mol.